The van der Waals surface area contributed by atoms with E-state index in [1.807, 2.05) is 13.8 Å². The second kappa shape index (κ2) is 5.09. The first kappa shape index (κ1) is 12.4. The maximum absolute atomic E-state index is 10.8. The predicted molar refractivity (Wildman–Crippen MR) is 68.5 cm³/mol. The molecule has 2 heterocycles. The number of thiazole rings is 1. The summed E-state index contributed by atoms with van der Waals surface area (Å²) in [5.41, 5.74) is 0.939. The van der Waals surface area contributed by atoms with E-state index in [1.54, 1.807) is 0 Å². The summed E-state index contributed by atoms with van der Waals surface area (Å²) in [7, 11) is 0. The summed E-state index contributed by atoms with van der Waals surface area (Å²) < 4.78 is 0. The second-order valence-corrected chi connectivity index (χ2v) is 4.80. The summed E-state index contributed by atoms with van der Waals surface area (Å²) in [6.07, 6.45) is 3.54. The molecule has 2 rings (SSSR count). The van der Waals surface area contributed by atoms with E-state index in [4.69, 9.17) is 5.11 Å². The molecule has 2 N–H and O–H groups in total. The third-order valence-electron chi connectivity index (χ3n) is 2.32. The Hall–Kier alpha value is -2.02. The molecule has 6 nitrogen and oxygen atoms in total. The fraction of sp³-hybridized carbons (Fsp3) is 0.273. The first-order valence-corrected chi connectivity index (χ1v) is 6.20. The molecule has 0 amide bonds. The Morgan fingerprint density at radius 3 is 2.83 bits per heavy atom. The number of aryl methyl sites for hydroxylation is 2. The Kier molecular flexibility index (Phi) is 3.52. The molecule has 0 spiro atoms. The van der Waals surface area contributed by atoms with Crippen LogP contribution in [-0.2, 0) is 6.42 Å². The number of aromatic nitrogens is 3. The summed E-state index contributed by atoms with van der Waals surface area (Å²) in [5, 5.41) is 12.5. The lowest BCUT2D eigenvalue weighted by Crippen LogP contribution is -2.03. The van der Waals surface area contributed by atoms with Crippen molar-refractivity contribution in [2.45, 2.75) is 20.3 Å². The number of aromatic carboxylic acids is 1. The van der Waals surface area contributed by atoms with Gasteiger partial charge in [-0.25, -0.2) is 14.8 Å². The Labute approximate surface area is 108 Å². The van der Waals surface area contributed by atoms with Crippen LogP contribution >= 0.6 is 11.3 Å². The fourth-order valence-corrected chi connectivity index (χ4v) is 2.36. The van der Waals surface area contributed by atoms with Crippen molar-refractivity contribution < 1.29 is 9.90 Å². The van der Waals surface area contributed by atoms with E-state index < -0.39 is 5.97 Å². The van der Waals surface area contributed by atoms with Crippen molar-refractivity contribution >= 4 is 28.3 Å². The van der Waals surface area contributed by atoms with Gasteiger partial charge in [-0.05, 0) is 13.3 Å². The molecule has 0 bridgehead atoms. The topological polar surface area (TPSA) is 88.0 Å². The van der Waals surface area contributed by atoms with Crippen LogP contribution in [0.15, 0.2) is 12.4 Å². The Morgan fingerprint density at radius 1 is 1.44 bits per heavy atom. The molecule has 2 aromatic heterocycles. The van der Waals surface area contributed by atoms with E-state index in [0.717, 1.165) is 17.0 Å². The van der Waals surface area contributed by atoms with Crippen LogP contribution in [0.25, 0.3) is 0 Å². The molecule has 0 aliphatic heterocycles. The van der Waals surface area contributed by atoms with Gasteiger partial charge in [0.2, 0.25) is 0 Å². The van der Waals surface area contributed by atoms with Crippen LogP contribution in [0.5, 0.6) is 0 Å². The van der Waals surface area contributed by atoms with Crippen LogP contribution in [0.1, 0.15) is 28.0 Å². The standard InChI is InChI=1S/C11H12N4O2S/c1-3-7-6(2)18-11(14-7)15-9-5-12-4-8(13-9)10(16)17/h4-5H,3H2,1-2H3,(H,16,17)(H,13,14,15). The smallest absolute Gasteiger partial charge is 0.356 e. The third kappa shape index (κ3) is 2.62. The normalized spacial score (nSPS) is 10.3. The molecule has 0 saturated carbocycles. The quantitative estimate of drug-likeness (QED) is 0.880. The molecule has 0 unspecified atom stereocenters. The van der Waals surface area contributed by atoms with Gasteiger partial charge in [0, 0.05) is 4.88 Å². The summed E-state index contributed by atoms with van der Waals surface area (Å²) >= 11 is 1.51. The SMILES string of the molecule is CCc1nc(Nc2cncc(C(=O)O)n2)sc1C. The van der Waals surface area contributed by atoms with Crippen LogP contribution in [0.2, 0.25) is 0 Å². The average molecular weight is 264 g/mol. The number of carbonyl (C=O) groups is 1. The van der Waals surface area contributed by atoms with Crippen molar-refractivity contribution in [1.82, 2.24) is 15.0 Å². The van der Waals surface area contributed by atoms with Crippen molar-refractivity contribution in [3.05, 3.63) is 28.7 Å². The van der Waals surface area contributed by atoms with Crippen molar-refractivity contribution in [1.29, 1.82) is 0 Å². The van der Waals surface area contributed by atoms with Gasteiger partial charge < -0.3 is 10.4 Å². The van der Waals surface area contributed by atoms with Gasteiger partial charge in [0.1, 0.15) is 0 Å². The van der Waals surface area contributed by atoms with Gasteiger partial charge in [-0.1, -0.05) is 6.92 Å². The van der Waals surface area contributed by atoms with E-state index in [1.165, 1.54) is 23.7 Å². The lowest BCUT2D eigenvalue weighted by molar-refractivity contribution is 0.0690. The fourth-order valence-electron chi connectivity index (χ4n) is 1.45. The molecule has 0 aliphatic rings. The zero-order valence-electron chi connectivity index (χ0n) is 9.97. The van der Waals surface area contributed by atoms with Crippen molar-refractivity contribution in [2.75, 3.05) is 5.32 Å². The van der Waals surface area contributed by atoms with E-state index in [0.29, 0.717) is 10.9 Å². The second-order valence-electron chi connectivity index (χ2n) is 3.60. The molecule has 0 radical (unpaired) electrons. The van der Waals surface area contributed by atoms with Crippen LogP contribution in [0.4, 0.5) is 10.9 Å². The minimum atomic E-state index is -1.10. The highest BCUT2D eigenvalue weighted by molar-refractivity contribution is 7.15. The maximum Gasteiger partial charge on any atom is 0.356 e. The average Bonchev–Trinajstić information content (AvgIpc) is 2.69. The molecule has 0 aliphatic carbocycles. The zero-order chi connectivity index (χ0) is 13.1. The van der Waals surface area contributed by atoms with E-state index >= 15 is 0 Å². The summed E-state index contributed by atoms with van der Waals surface area (Å²) in [4.78, 5) is 24.0. The zero-order valence-corrected chi connectivity index (χ0v) is 10.8. The summed E-state index contributed by atoms with van der Waals surface area (Å²) in [5.74, 6) is -0.720. The lowest BCUT2D eigenvalue weighted by Gasteiger charge is -2.01. The van der Waals surface area contributed by atoms with Crippen molar-refractivity contribution in [2.24, 2.45) is 0 Å². The molecule has 7 heteroatoms. The minimum absolute atomic E-state index is 0.0935. The van der Waals surface area contributed by atoms with Gasteiger partial charge in [-0.15, -0.1) is 11.3 Å². The van der Waals surface area contributed by atoms with Gasteiger partial charge in [-0.3, -0.25) is 4.98 Å². The Morgan fingerprint density at radius 2 is 2.22 bits per heavy atom. The molecule has 2 aromatic rings. The van der Waals surface area contributed by atoms with Crippen LogP contribution in [0.3, 0.4) is 0 Å². The summed E-state index contributed by atoms with van der Waals surface area (Å²) in [6, 6.07) is 0. The first-order chi connectivity index (χ1) is 8.60. The molecule has 18 heavy (non-hydrogen) atoms. The van der Waals surface area contributed by atoms with Crippen LogP contribution in [-0.4, -0.2) is 26.0 Å². The lowest BCUT2D eigenvalue weighted by atomic mass is 10.3. The highest BCUT2D eigenvalue weighted by atomic mass is 32.1. The minimum Gasteiger partial charge on any atom is -0.476 e. The molecule has 0 atom stereocenters. The highest BCUT2D eigenvalue weighted by Gasteiger charge is 2.09. The number of hydrogen-bond donors (Lipinski definition) is 2. The van der Waals surface area contributed by atoms with Gasteiger partial charge >= 0.3 is 5.97 Å². The number of carboxylic acids is 1. The maximum atomic E-state index is 10.8. The summed E-state index contributed by atoms with van der Waals surface area (Å²) in [6.45, 7) is 4.04. The Balaban J connectivity index is 2.22. The van der Waals surface area contributed by atoms with Gasteiger partial charge in [0.25, 0.3) is 0 Å². The number of anilines is 2. The van der Waals surface area contributed by atoms with Crippen molar-refractivity contribution in [3.63, 3.8) is 0 Å². The first-order valence-electron chi connectivity index (χ1n) is 5.38. The largest absolute Gasteiger partial charge is 0.476 e. The van der Waals surface area contributed by atoms with Crippen LogP contribution < -0.4 is 5.32 Å². The number of carboxylic acid groups (broad SMARTS) is 1. The van der Waals surface area contributed by atoms with Gasteiger partial charge in [0.05, 0.1) is 18.1 Å². The highest BCUT2D eigenvalue weighted by Crippen LogP contribution is 2.24. The third-order valence-corrected chi connectivity index (χ3v) is 3.24. The monoisotopic (exact) mass is 264 g/mol. The van der Waals surface area contributed by atoms with E-state index in [9.17, 15) is 4.79 Å². The molecule has 94 valence electrons. The van der Waals surface area contributed by atoms with E-state index in [-0.39, 0.29) is 5.69 Å². The van der Waals surface area contributed by atoms with Crippen LogP contribution in [0, 0.1) is 6.92 Å². The predicted octanol–water partition coefficient (Wildman–Crippen LogP) is 2.25. The van der Waals surface area contributed by atoms with Crippen molar-refractivity contribution in [3.8, 4) is 0 Å². The molecule has 0 aromatic carbocycles. The number of nitrogens with one attached hydrogen (secondary N) is 1. The Bertz CT molecular complexity index is 582. The van der Waals surface area contributed by atoms with E-state index in [2.05, 4.69) is 20.3 Å². The molecular formula is C11H12N4O2S. The van der Waals surface area contributed by atoms with Gasteiger partial charge in [-0.2, -0.15) is 0 Å². The molecule has 0 fully saturated rings. The number of hydrogen-bond acceptors (Lipinski definition) is 6. The van der Waals surface area contributed by atoms with Gasteiger partial charge in [0.15, 0.2) is 16.6 Å². The number of nitrogens with zero attached hydrogens (tertiary/aromatic N) is 3. The number of rotatable bonds is 4. The molecular weight excluding hydrogens is 252 g/mol. The molecule has 0 saturated heterocycles.